The van der Waals surface area contributed by atoms with Crippen LogP contribution in [0.2, 0.25) is 0 Å². The van der Waals surface area contributed by atoms with Crippen molar-refractivity contribution in [2.45, 2.75) is 13.8 Å². The van der Waals surface area contributed by atoms with Gasteiger partial charge in [0.15, 0.2) is 0 Å². The van der Waals surface area contributed by atoms with E-state index in [1.165, 1.54) is 49.5 Å². The summed E-state index contributed by atoms with van der Waals surface area (Å²) < 4.78 is 2.29. The van der Waals surface area contributed by atoms with E-state index in [4.69, 9.17) is 0 Å². The molecule has 5 aromatic rings. The molecule has 0 amide bonds. The molecule has 2 aromatic heterocycles. The molecule has 3 heteroatoms. The Hall–Kier alpha value is -3.33. The number of rotatable bonds is 2. The Bertz CT molecular complexity index is 1310. The van der Waals surface area contributed by atoms with Crippen molar-refractivity contribution in [1.29, 1.82) is 0 Å². The number of aromatic nitrogens is 2. The highest BCUT2D eigenvalue weighted by Crippen LogP contribution is 2.35. The minimum absolute atomic E-state index is 0.951. The topological polar surface area (TPSA) is 17.8 Å². The van der Waals surface area contributed by atoms with Gasteiger partial charge in [0.25, 0.3) is 0 Å². The number of benzene rings is 3. The van der Waals surface area contributed by atoms with Crippen LogP contribution in [0.25, 0.3) is 38.8 Å². The lowest BCUT2D eigenvalue weighted by molar-refractivity contribution is 1.08. The molecule has 0 saturated heterocycles. The second-order valence-electron chi connectivity index (χ2n) is 7.54. The van der Waals surface area contributed by atoms with E-state index in [0.29, 0.717) is 0 Å². The monoisotopic (exact) mass is 360 g/mol. The van der Waals surface area contributed by atoms with Gasteiger partial charge >= 0.3 is 0 Å². The van der Waals surface area contributed by atoms with Gasteiger partial charge in [-0.05, 0) is 60.4 Å². The molecule has 2 nitrogen and oxygen atoms in total. The minimum atomic E-state index is 0.951. The average Bonchev–Trinajstić information content (AvgIpc) is 3.01. The van der Waals surface area contributed by atoms with Crippen molar-refractivity contribution >= 4 is 35.1 Å². The van der Waals surface area contributed by atoms with Gasteiger partial charge in [-0.2, -0.15) is 0 Å². The first-order valence-electron chi connectivity index (χ1n) is 9.66. The summed E-state index contributed by atoms with van der Waals surface area (Å²) in [6.07, 6.45) is 1.86. The van der Waals surface area contributed by atoms with Gasteiger partial charge in [0.05, 0.1) is 11.0 Å². The fraction of sp³-hybridized carbons (Fsp3) is 0.0800. The maximum atomic E-state index is 4.65. The van der Waals surface area contributed by atoms with Crippen molar-refractivity contribution in [1.82, 2.24) is 9.55 Å². The van der Waals surface area contributed by atoms with E-state index in [2.05, 4.69) is 91.9 Å². The lowest BCUT2D eigenvalue weighted by Gasteiger charge is -2.11. The van der Waals surface area contributed by atoms with Gasteiger partial charge < -0.3 is 0 Å². The lowest BCUT2D eigenvalue weighted by atomic mass is 9.94. The van der Waals surface area contributed by atoms with Gasteiger partial charge in [-0.1, -0.05) is 54.0 Å². The van der Waals surface area contributed by atoms with E-state index < -0.39 is 0 Å². The maximum absolute atomic E-state index is 4.65. The summed E-state index contributed by atoms with van der Waals surface area (Å²) in [5, 5.41) is 2.52. The molecule has 0 N–H and O–H groups in total. The predicted molar refractivity (Wildman–Crippen MR) is 122 cm³/mol. The second-order valence-corrected chi connectivity index (χ2v) is 7.54. The first kappa shape index (κ1) is 16.8. The van der Waals surface area contributed by atoms with Crippen molar-refractivity contribution in [3.05, 3.63) is 90.1 Å². The number of aryl methyl sites for hydroxylation is 2. The van der Waals surface area contributed by atoms with Crippen LogP contribution >= 0.6 is 0 Å². The number of nitrogens with zero attached hydrogens (tertiary/aromatic N) is 2. The summed E-state index contributed by atoms with van der Waals surface area (Å²) in [6.45, 7) is 4.37. The summed E-state index contributed by atoms with van der Waals surface area (Å²) in [5.41, 5.74) is 8.82. The first-order valence-corrected chi connectivity index (χ1v) is 9.66. The van der Waals surface area contributed by atoms with Gasteiger partial charge in [-0.25, -0.2) is 4.98 Å². The molecule has 0 aliphatic heterocycles. The number of hydrogen-bond donors (Lipinski definition) is 0. The Morgan fingerprint density at radius 2 is 1.46 bits per heavy atom. The van der Waals surface area contributed by atoms with E-state index in [1.807, 2.05) is 18.3 Å². The van der Waals surface area contributed by atoms with Crippen LogP contribution in [0.15, 0.2) is 79.0 Å². The zero-order valence-electron chi connectivity index (χ0n) is 16.4. The van der Waals surface area contributed by atoms with Crippen LogP contribution in [0.3, 0.4) is 0 Å². The van der Waals surface area contributed by atoms with E-state index >= 15 is 0 Å². The minimum Gasteiger partial charge on any atom is -0.294 e. The van der Waals surface area contributed by atoms with E-state index in [9.17, 15) is 0 Å². The van der Waals surface area contributed by atoms with Crippen molar-refractivity contribution < 1.29 is 0 Å². The lowest BCUT2D eigenvalue weighted by Crippen LogP contribution is -2.03. The summed E-state index contributed by atoms with van der Waals surface area (Å²) in [5.74, 6) is 0.951. The van der Waals surface area contributed by atoms with Crippen LogP contribution in [0.1, 0.15) is 11.1 Å². The fourth-order valence-electron chi connectivity index (χ4n) is 4.29. The Morgan fingerprint density at radius 3 is 2.18 bits per heavy atom. The van der Waals surface area contributed by atoms with Gasteiger partial charge in [0.1, 0.15) is 13.7 Å². The molecule has 0 unspecified atom stereocenters. The highest BCUT2D eigenvalue weighted by atomic mass is 15.1. The van der Waals surface area contributed by atoms with E-state index in [0.717, 1.165) is 5.82 Å². The third kappa shape index (κ3) is 2.55. The molecular weight excluding hydrogens is 339 g/mol. The predicted octanol–water partition coefficient (Wildman–Crippen LogP) is 4.72. The Kier molecular flexibility index (Phi) is 3.83. The normalized spacial score (nSPS) is 11.4. The molecule has 0 bridgehead atoms. The third-order valence-corrected chi connectivity index (χ3v) is 5.57. The van der Waals surface area contributed by atoms with Gasteiger partial charge in [0.2, 0.25) is 0 Å². The molecule has 28 heavy (non-hydrogen) atoms. The van der Waals surface area contributed by atoms with Crippen molar-refractivity contribution in [2.75, 3.05) is 0 Å². The third-order valence-electron chi connectivity index (χ3n) is 5.57. The molecule has 3 aromatic carbocycles. The largest absolute Gasteiger partial charge is 0.294 e. The van der Waals surface area contributed by atoms with Gasteiger partial charge in [-0.3, -0.25) is 4.57 Å². The van der Waals surface area contributed by atoms with Crippen LogP contribution in [0.5, 0.6) is 0 Å². The van der Waals surface area contributed by atoms with Crippen molar-refractivity contribution in [3.8, 4) is 16.9 Å². The molecule has 0 aliphatic carbocycles. The number of hydrogen-bond acceptors (Lipinski definition) is 1. The highest BCUT2D eigenvalue weighted by Gasteiger charge is 2.15. The zero-order valence-corrected chi connectivity index (χ0v) is 16.4. The standard InChI is InChI=1S/C25H21BN2/c1-16-6-5-7-17(2)25(16)18-9-11-20-21-12-10-19(26)15-23(21)28(22(20)14-18)24-8-3-4-13-27-24/h3-15H,26H2,1-2H3. The highest BCUT2D eigenvalue weighted by molar-refractivity contribution is 6.33. The molecule has 0 aliphatic rings. The molecule has 0 fully saturated rings. The van der Waals surface area contributed by atoms with Crippen molar-refractivity contribution in [2.24, 2.45) is 0 Å². The molecule has 5 rings (SSSR count). The molecule has 134 valence electrons. The maximum Gasteiger partial charge on any atom is 0.139 e. The van der Waals surface area contributed by atoms with E-state index in [1.54, 1.807) is 0 Å². The van der Waals surface area contributed by atoms with Crippen LogP contribution in [0, 0.1) is 13.8 Å². The van der Waals surface area contributed by atoms with Crippen LogP contribution in [-0.4, -0.2) is 17.4 Å². The molecule has 0 atom stereocenters. The molecular formula is C25H21BN2. The summed E-state index contributed by atoms with van der Waals surface area (Å²) in [7, 11) is 2.14. The molecule has 0 saturated carbocycles. The second kappa shape index (κ2) is 6.38. The van der Waals surface area contributed by atoms with Crippen molar-refractivity contribution in [3.63, 3.8) is 0 Å². The van der Waals surface area contributed by atoms with E-state index in [-0.39, 0.29) is 0 Å². The summed E-state index contributed by atoms with van der Waals surface area (Å²) in [6, 6.07) is 26.1. The molecule has 2 heterocycles. The van der Waals surface area contributed by atoms with Gasteiger partial charge in [-0.15, -0.1) is 0 Å². The van der Waals surface area contributed by atoms with Crippen LogP contribution < -0.4 is 5.46 Å². The zero-order chi connectivity index (χ0) is 19.3. The van der Waals surface area contributed by atoms with Gasteiger partial charge in [0, 0.05) is 17.0 Å². The number of pyridine rings is 1. The van der Waals surface area contributed by atoms with Crippen LogP contribution in [-0.2, 0) is 0 Å². The van der Waals surface area contributed by atoms with Crippen LogP contribution in [0.4, 0.5) is 0 Å². The Balaban J connectivity index is 1.90. The number of fused-ring (bicyclic) bond motifs is 3. The average molecular weight is 360 g/mol. The fourth-order valence-corrected chi connectivity index (χ4v) is 4.29. The first-order chi connectivity index (χ1) is 13.6. The summed E-state index contributed by atoms with van der Waals surface area (Å²) in [4.78, 5) is 4.65. The Morgan fingerprint density at radius 1 is 0.750 bits per heavy atom. The summed E-state index contributed by atoms with van der Waals surface area (Å²) >= 11 is 0. The quantitative estimate of drug-likeness (QED) is 0.417. The molecule has 0 radical (unpaired) electrons. The SMILES string of the molecule is Bc1ccc2c3ccc(-c4c(C)cccc4C)cc3n(-c3ccccn3)c2c1. The Labute approximate surface area is 165 Å². The smallest absolute Gasteiger partial charge is 0.139 e. The molecule has 0 spiro atoms.